The second kappa shape index (κ2) is 11.0. The van der Waals surface area contributed by atoms with E-state index in [0.717, 1.165) is 0 Å². The average Bonchev–Trinajstić information content (AvgIpc) is 3.86. The minimum atomic E-state index is 1.17. The van der Waals surface area contributed by atoms with E-state index in [9.17, 15) is 0 Å². The number of para-hydroxylation sites is 2. The van der Waals surface area contributed by atoms with Gasteiger partial charge in [-0.25, -0.2) is 0 Å². The summed E-state index contributed by atoms with van der Waals surface area (Å²) in [6, 6.07) is 66.4. The molecule has 0 aliphatic carbocycles. The van der Waals surface area contributed by atoms with E-state index in [1.807, 2.05) is 11.3 Å². The molecule has 0 aliphatic heterocycles. The Bertz CT molecular complexity index is 2890. The Hall–Kier alpha value is -6.42. The van der Waals surface area contributed by atoms with E-state index in [-0.39, 0.29) is 0 Å². The van der Waals surface area contributed by atoms with Gasteiger partial charge in [0.2, 0.25) is 0 Å². The molecule has 0 saturated heterocycles. The first-order chi connectivity index (χ1) is 25.3. The van der Waals surface area contributed by atoms with Gasteiger partial charge in [0.05, 0.1) is 22.1 Å². The SMILES string of the molecule is c1ccc(-c2ccc3c(c2)c2c4sc5c(ccc6c5c5cc(-c7ccccc7)ccc5n6-c5ccccc5)c4ccc2n3-c2ccccc2)cc1. The predicted octanol–water partition coefficient (Wildman–Crippen LogP) is 13.6. The second-order valence-electron chi connectivity index (χ2n) is 13.3. The first kappa shape index (κ1) is 28.4. The molecule has 0 spiro atoms. The van der Waals surface area contributed by atoms with Crippen molar-refractivity contribution in [3.63, 3.8) is 0 Å². The number of thiophene rings is 1. The molecule has 0 unspecified atom stereocenters. The lowest BCUT2D eigenvalue weighted by Crippen LogP contribution is -1.93. The van der Waals surface area contributed by atoms with Crippen LogP contribution < -0.4 is 0 Å². The highest BCUT2D eigenvalue weighted by atomic mass is 32.1. The van der Waals surface area contributed by atoms with Gasteiger partial charge in [-0.05, 0) is 82.9 Å². The Balaban J connectivity index is 1.28. The maximum absolute atomic E-state index is 2.44. The number of nitrogens with zero attached hydrogens (tertiary/aromatic N) is 2. The van der Waals surface area contributed by atoms with Crippen LogP contribution in [0.25, 0.3) is 97.4 Å². The normalized spacial score (nSPS) is 11.9. The zero-order chi connectivity index (χ0) is 33.5. The Kier molecular flexibility index (Phi) is 6.16. The summed E-state index contributed by atoms with van der Waals surface area (Å²) >= 11 is 1.94. The van der Waals surface area contributed by atoms with Crippen LogP contribution in [0.2, 0.25) is 0 Å². The third-order valence-corrected chi connectivity index (χ3v) is 11.8. The fourth-order valence-electron chi connectivity index (χ4n) is 8.23. The molecule has 0 radical (unpaired) electrons. The molecular formula is C48H30N2S. The van der Waals surface area contributed by atoms with E-state index in [2.05, 4.69) is 191 Å². The van der Waals surface area contributed by atoms with Crippen LogP contribution in [0.5, 0.6) is 0 Å². The van der Waals surface area contributed by atoms with Crippen LogP contribution in [0.4, 0.5) is 0 Å². The predicted molar refractivity (Wildman–Crippen MR) is 219 cm³/mol. The molecule has 0 amide bonds. The molecule has 0 saturated carbocycles. The third-order valence-electron chi connectivity index (χ3n) is 10.5. The molecule has 11 aromatic rings. The highest BCUT2D eigenvalue weighted by Crippen LogP contribution is 2.48. The Labute approximate surface area is 298 Å². The minimum absolute atomic E-state index is 1.17. The fraction of sp³-hybridized carbons (Fsp3) is 0. The summed E-state index contributed by atoms with van der Waals surface area (Å²) in [5.74, 6) is 0. The molecule has 3 heterocycles. The van der Waals surface area contributed by atoms with Gasteiger partial charge in [0, 0.05) is 53.1 Å². The van der Waals surface area contributed by atoms with Gasteiger partial charge in [-0.3, -0.25) is 0 Å². The van der Waals surface area contributed by atoms with E-state index < -0.39 is 0 Å². The topological polar surface area (TPSA) is 9.86 Å². The lowest BCUT2D eigenvalue weighted by Gasteiger charge is -2.08. The monoisotopic (exact) mass is 666 g/mol. The Morgan fingerprint density at radius 2 is 0.667 bits per heavy atom. The van der Waals surface area contributed by atoms with Crippen LogP contribution in [0.3, 0.4) is 0 Å². The number of aromatic nitrogens is 2. The number of benzene rings is 8. The van der Waals surface area contributed by atoms with Gasteiger partial charge >= 0.3 is 0 Å². The van der Waals surface area contributed by atoms with E-state index in [1.54, 1.807) is 0 Å². The van der Waals surface area contributed by atoms with Crippen molar-refractivity contribution in [3.05, 3.63) is 182 Å². The van der Waals surface area contributed by atoms with Crippen molar-refractivity contribution in [2.24, 2.45) is 0 Å². The molecule has 11 rings (SSSR count). The Morgan fingerprint density at radius 3 is 1.08 bits per heavy atom. The van der Waals surface area contributed by atoms with Crippen LogP contribution >= 0.6 is 11.3 Å². The van der Waals surface area contributed by atoms with Gasteiger partial charge in [0.15, 0.2) is 0 Å². The van der Waals surface area contributed by atoms with E-state index in [1.165, 1.54) is 97.4 Å². The maximum atomic E-state index is 2.44. The molecular weight excluding hydrogens is 637 g/mol. The van der Waals surface area contributed by atoms with Crippen LogP contribution in [-0.4, -0.2) is 9.13 Å². The molecule has 3 heteroatoms. The van der Waals surface area contributed by atoms with Gasteiger partial charge in [-0.2, -0.15) is 0 Å². The number of hydrogen-bond donors (Lipinski definition) is 0. The van der Waals surface area contributed by atoms with Crippen molar-refractivity contribution in [2.45, 2.75) is 0 Å². The van der Waals surface area contributed by atoms with Crippen molar-refractivity contribution < 1.29 is 0 Å². The summed E-state index contributed by atoms with van der Waals surface area (Å²) in [6.45, 7) is 0. The van der Waals surface area contributed by atoms with Crippen LogP contribution in [0, 0.1) is 0 Å². The lowest BCUT2D eigenvalue weighted by molar-refractivity contribution is 1.18. The van der Waals surface area contributed by atoms with Gasteiger partial charge in [0.25, 0.3) is 0 Å². The molecule has 8 aromatic carbocycles. The molecule has 238 valence electrons. The van der Waals surface area contributed by atoms with E-state index in [4.69, 9.17) is 0 Å². The standard InChI is InChI=1S/C48H30N2S/c1-5-13-31(14-6-1)33-21-25-41-39(29-33)45-43(49(41)35-17-9-3-10-18-35)27-23-37-38-24-28-44-46(48(38)51-47(37)45)40-30-34(32-15-7-2-8-16-32)22-26-42(40)50(44)36-19-11-4-12-20-36/h1-30H. The van der Waals surface area contributed by atoms with Gasteiger partial charge < -0.3 is 9.13 Å². The highest BCUT2D eigenvalue weighted by molar-refractivity contribution is 7.27. The summed E-state index contributed by atoms with van der Waals surface area (Å²) in [5, 5.41) is 7.80. The van der Waals surface area contributed by atoms with Gasteiger partial charge in [0.1, 0.15) is 0 Å². The molecule has 3 aromatic heterocycles. The summed E-state index contributed by atoms with van der Waals surface area (Å²) in [7, 11) is 0. The molecule has 0 N–H and O–H groups in total. The molecule has 2 nitrogen and oxygen atoms in total. The first-order valence-electron chi connectivity index (χ1n) is 17.4. The van der Waals surface area contributed by atoms with Crippen LogP contribution in [0.15, 0.2) is 182 Å². The van der Waals surface area contributed by atoms with Crippen molar-refractivity contribution in [2.75, 3.05) is 0 Å². The molecule has 0 aliphatic rings. The van der Waals surface area contributed by atoms with Crippen LogP contribution in [-0.2, 0) is 0 Å². The van der Waals surface area contributed by atoms with Gasteiger partial charge in [-0.15, -0.1) is 11.3 Å². The van der Waals surface area contributed by atoms with Crippen molar-refractivity contribution >= 4 is 75.1 Å². The third kappa shape index (κ3) is 4.22. The highest BCUT2D eigenvalue weighted by Gasteiger charge is 2.22. The smallest absolute Gasteiger partial charge is 0.0555 e. The van der Waals surface area contributed by atoms with Crippen molar-refractivity contribution in [1.82, 2.24) is 9.13 Å². The average molecular weight is 667 g/mol. The lowest BCUT2D eigenvalue weighted by atomic mass is 10.0. The van der Waals surface area contributed by atoms with E-state index in [0.29, 0.717) is 0 Å². The molecule has 51 heavy (non-hydrogen) atoms. The molecule has 0 atom stereocenters. The summed E-state index contributed by atoms with van der Waals surface area (Å²) in [4.78, 5) is 0. The van der Waals surface area contributed by atoms with Crippen LogP contribution in [0.1, 0.15) is 0 Å². The number of hydrogen-bond acceptors (Lipinski definition) is 1. The van der Waals surface area contributed by atoms with E-state index >= 15 is 0 Å². The first-order valence-corrected chi connectivity index (χ1v) is 18.3. The van der Waals surface area contributed by atoms with Crippen molar-refractivity contribution in [3.8, 4) is 33.6 Å². The fourth-order valence-corrected chi connectivity index (χ4v) is 9.64. The maximum Gasteiger partial charge on any atom is 0.0555 e. The van der Waals surface area contributed by atoms with Crippen molar-refractivity contribution in [1.29, 1.82) is 0 Å². The second-order valence-corrected chi connectivity index (χ2v) is 14.3. The largest absolute Gasteiger partial charge is 0.309 e. The Morgan fingerprint density at radius 1 is 0.294 bits per heavy atom. The zero-order valence-electron chi connectivity index (χ0n) is 27.6. The molecule has 0 fully saturated rings. The number of rotatable bonds is 4. The summed E-state index contributed by atoms with van der Waals surface area (Å²) in [5.41, 5.74) is 12.2. The van der Waals surface area contributed by atoms with Gasteiger partial charge in [-0.1, -0.05) is 121 Å². The minimum Gasteiger partial charge on any atom is -0.309 e. The number of fused-ring (bicyclic) bond motifs is 11. The summed E-state index contributed by atoms with van der Waals surface area (Å²) < 4.78 is 7.54. The molecule has 0 bridgehead atoms. The quantitative estimate of drug-likeness (QED) is 0.177. The summed E-state index contributed by atoms with van der Waals surface area (Å²) in [6.07, 6.45) is 0. The zero-order valence-corrected chi connectivity index (χ0v) is 28.4.